The molecule has 10 heteroatoms. The summed E-state index contributed by atoms with van der Waals surface area (Å²) in [5.41, 5.74) is 4.65. The van der Waals surface area contributed by atoms with Crippen LogP contribution in [0.2, 0.25) is 0 Å². The van der Waals surface area contributed by atoms with E-state index in [1.165, 1.54) is 12.1 Å². The zero-order valence-electron chi connectivity index (χ0n) is 24.2. The highest BCUT2D eigenvalue weighted by Gasteiger charge is 2.44. The minimum absolute atomic E-state index is 0.112. The van der Waals surface area contributed by atoms with Gasteiger partial charge in [-0.25, -0.2) is 0 Å². The molecular weight excluding hydrogens is 560 g/mol. The van der Waals surface area contributed by atoms with Crippen LogP contribution in [0.5, 0.6) is 0 Å². The Morgan fingerprint density at radius 3 is 1.93 bits per heavy atom. The number of anilines is 1. The number of likely N-dealkylation sites (N-methyl/N-ethyl adjacent to an activating group) is 1. The van der Waals surface area contributed by atoms with E-state index in [-0.39, 0.29) is 9.79 Å². The summed E-state index contributed by atoms with van der Waals surface area (Å²) in [5.74, 6) is 0. The van der Waals surface area contributed by atoms with Crippen molar-refractivity contribution < 1.29 is 30.5 Å². The fourth-order valence-corrected chi connectivity index (χ4v) is 6.81. The molecule has 8 nitrogen and oxygen atoms in total. The highest BCUT2D eigenvalue weighted by molar-refractivity contribution is 7.86. The predicted molar refractivity (Wildman–Crippen MR) is 163 cm³/mol. The van der Waals surface area contributed by atoms with Gasteiger partial charge in [0.05, 0.1) is 15.2 Å². The van der Waals surface area contributed by atoms with Crippen molar-refractivity contribution in [1.82, 2.24) is 0 Å². The second-order valence-electron chi connectivity index (χ2n) is 11.1. The maximum Gasteiger partial charge on any atom is 0.294 e. The van der Waals surface area contributed by atoms with Crippen LogP contribution >= 0.6 is 0 Å². The summed E-state index contributed by atoms with van der Waals surface area (Å²) in [6.07, 6.45) is 13.7. The second kappa shape index (κ2) is 10.8. The molecule has 2 heterocycles. The van der Waals surface area contributed by atoms with Gasteiger partial charge in [-0.15, -0.1) is 0 Å². The van der Waals surface area contributed by atoms with Crippen molar-refractivity contribution in [3.05, 3.63) is 95.8 Å². The first-order valence-corrected chi connectivity index (χ1v) is 16.3. The van der Waals surface area contributed by atoms with E-state index < -0.39 is 31.1 Å². The quantitative estimate of drug-likeness (QED) is 0.220. The summed E-state index contributed by atoms with van der Waals surface area (Å²) < 4.78 is 68.0. The van der Waals surface area contributed by atoms with E-state index in [0.717, 1.165) is 33.9 Å². The number of hydrogen-bond acceptors (Lipinski definition) is 5. The van der Waals surface area contributed by atoms with Crippen LogP contribution in [-0.4, -0.2) is 49.3 Å². The molecule has 0 unspecified atom stereocenters. The predicted octanol–water partition coefficient (Wildman–Crippen LogP) is 5.95. The summed E-state index contributed by atoms with van der Waals surface area (Å²) in [6.45, 7) is 13.6. The van der Waals surface area contributed by atoms with Gasteiger partial charge in [-0.05, 0) is 69.7 Å². The van der Waals surface area contributed by atoms with E-state index in [4.69, 9.17) is 0 Å². The first kappa shape index (κ1) is 30.6. The highest BCUT2D eigenvalue weighted by atomic mass is 32.2. The number of benzene rings is 2. The molecule has 218 valence electrons. The molecule has 41 heavy (non-hydrogen) atoms. The molecule has 0 saturated carbocycles. The van der Waals surface area contributed by atoms with Crippen LogP contribution in [-0.2, 0) is 31.1 Å². The maximum atomic E-state index is 11.7. The zero-order valence-corrected chi connectivity index (χ0v) is 25.8. The van der Waals surface area contributed by atoms with Gasteiger partial charge in [-0.2, -0.15) is 21.4 Å². The van der Waals surface area contributed by atoms with Gasteiger partial charge in [0.1, 0.15) is 6.54 Å². The molecule has 2 aliphatic rings. The van der Waals surface area contributed by atoms with Gasteiger partial charge in [-0.1, -0.05) is 44.2 Å². The molecule has 2 aromatic rings. The van der Waals surface area contributed by atoms with Crippen LogP contribution in [0.1, 0.15) is 52.7 Å². The number of rotatable bonds is 8. The highest BCUT2D eigenvalue weighted by Crippen LogP contribution is 2.48. The Balaban J connectivity index is 1.55. The average Bonchev–Trinajstić information content (AvgIpc) is 3.24. The largest absolute Gasteiger partial charge is 0.344 e. The minimum Gasteiger partial charge on any atom is -0.344 e. The van der Waals surface area contributed by atoms with Gasteiger partial charge >= 0.3 is 0 Å². The Bertz CT molecular complexity index is 1760. The van der Waals surface area contributed by atoms with Crippen molar-refractivity contribution in [2.45, 2.75) is 62.2 Å². The molecule has 0 radical (unpaired) electrons. The lowest BCUT2D eigenvalue weighted by Gasteiger charge is -2.25. The number of nitrogens with zero attached hydrogens (tertiary/aromatic N) is 2. The Kier molecular flexibility index (Phi) is 8.09. The standard InChI is InChI=1S/C31H36N2O6S2/c1-7-32-26-18-16-22(40(34,35)36)20-24(26)30(3,4)28(32)14-12-10-9-11-13-15-29-31(5,6)25-21-23(41(37,38)39)17-19-27(25)33(29)8-2/h9-21H,7-8H2,1-6H3,(H-,34,35,36,37,38,39)/p+1. The Hall–Kier alpha value is -3.31. The molecule has 0 amide bonds. The molecule has 0 spiro atoms. The van der Waals surface area contributed by atoms with Gasteiger partial charge in [0.25, 0.3) is 20.2 Å². The van der Waals surface area contributed by atoms with Crippen molar-refractivity contribution >= 4 is 37.3 Å². The van der Waals surface area contributed by atoms with Crippen molar-refractivity contribution in [3.8, 4) is 0 Å². The van der Waals surface area contributed by atoms with E-state index in [1.807, 2.05) is 84.1 Å². The van der Waals surface area contributed by atoms with E-state index in [1.54, 1.807) is 24.3 Å². The second-order valence-corrected chi connectivity index (χ2v) is 14.0. The molecule has 2 N–H and O–H groups in total. The SMILES string of the molecule is CCN1C(=C/C=C/C=C/C=C/C2=[N+](CC)c3ccc(S(=O)(=O)O)cc3C2(C)C)C(C)(C)c2cc(S(=O)(=O)O)ccc21. The van der Waals surface area contributed by atoms with Crippen molar-refractivity contribution in [3.63, 3.8) is 0 Å². The van der Waals surface area contributed by atoms with Gasteiger partial charge in [-0.3, -0.25) is 9.11 Å². The summed E-state index contributed by atoms with van der Waals surface area (Å²) >= 11 is 0. The van der Waals surface area contributed by atoms with Gasteiger partial charge in [0.2, 0.25) is 5.69 Å². The Morgan fingerprint density at radius 1 is 0.780 bits per heavy atom. The lowest BCUT2D eigenvalue weighted by Crippen LogP contribution is -2.27. The lowest BCUT2D eigenvalue weighted by atomic mass is 9.81. The van der Waals surface area contributed by atoms with Crippen molar-refractivity contribution in [2.75, 3.05) is 18.0 Å². The minimum atomic E-state index is -4.29. The van der Waals surface area contributed by atoms with Crippen LogP contribution in [0.15, 0.2) is 94.4 Å². The third kappa shape index (κ3) is 5.61. The summed E-state index contributed by atoms with van der Waals surface area (Å²) in [6, 6.07) is 9.43. The van der Waals surface area contributed by atoms with Crippen molar-refractivity contribution in [1.29, 1.82) is 0 Å². The maximum absolute atomic E-state index is 11.7. The molecule has 0 atom stereocenters. The van der Waals surface area contributed by atoms with Crippen LogP contribution in [0.3, 0.4) is 0 Å². The summed E-state index contributed by atoms with van der Waals surface area (Å²) in [7, 11) is -8.59. The first-order valence-electron chi connectivity index (χ1n) is 13.4. The van der Waals surface area contributed by atoms with E-state index in [0.29, 0.717) is 13.1 Å². The number of allylic oxidation sites excluding steroid dienone is 8. The smallest absolute Gasteiger partial charge is 0.294 e. The van der Waals surface area contributed by atoms with Crippen LogP contribution < -0.4 is 4.90 Å². The molecular formula is C31H37N2O6S2+. The Morgan fingerprint density at radius 2 is 1.34 bits per heavy atom. The number of fused-ring (bicyclic) bond motifs is 2. The van der Waals surface area contributed by atoms with E-state index in [9.17, 15) is 25.9 Å². The third-order valence-electron chi connectivity index (χ3n) is 7.91. The lowest BCUT2D eigenvalue weighted by molar-refractivity contribution is -0.433. The van der Waals surface area contributed by atoms with E-state index >= 15 is 0 Å². The average molecular weight is 598 g/mol. The molecule has 2 aliphatic heterocycles. The molecule has 0 aliphatic carbocycles. The third-order valence-corrected chi connectivity index (χ3v) is 9.61. The summed E-state index contributed by atoms with van der Waals surface area (Å²) in [4.78, 5) is 1.91. The number of hydrogen-bond donors (Lipinski definition) is 2. The molecule has 0 saturated heterocycles. The van der Waals surface area contributed by atoms with E-state index in [2.05, 4.69) is 9.48 Å². The molecule has 0 aromatic heterocycles. The molecule has 0 bridgehead atoms. The zero-order chi connectivity index (χ0) is 30.4. The van der Waals surface area contributed by atoms with Gasteiger partial charge in [0.15, 0.2) is 5.71 Å². The summed E-state index contributed by atoms with van der Waals surface area (Å²) in [5, 5.41) is 0. The van der Waals surface area contributed by atoms with Crippen molar-refractivity contribution in [2.24, 2.45) is 0 Å². The topological polar surface area (TPSA) is 115 Å². The fraction of sp³-hybridized carbons (Fsp3) is 0.323. The van der Waals surface area contributed by atoms with Gasteiger partial charge < -0.3 is 4.90 Å². The normalized spacial score (nSPS) is 19.3. The molecule has 0 fully saturated rings. The van der Waals surface area contributed by atoms with Crippen LogP contribution in [0.25, 0.3) is 0 Å². The monoisotopic (exact) mass is 597 g/mol. The van der Waals surface area contributed by atoms with Crippen LogP contribution in [0, 0.1) is 0 Å². The van der Waals surface area contributed by atoms with Gasteiger partial charge in [0, 0.05) is 41.1 Å². The Labute approximate surface area is 243 Å². The molecule has 2 aromatic carbocycles. The first-order chi connectivity index (χ1) is 19.0. The van der Waals surface area contributed by atoms with Crippen LogP contribution in [0.4, 0.5) is 11.4 Å². The fourth-order valence-electron chi connectivity index (χ4n) is 5.80. The molecule has 4 rings (SSSR count).